The monoisotopic (exact) mass is 282 g/mol. The molecule has 0 aliphatic carbocycles. The number of likely N-dealkylation sites (tertiary alicyclic amines) is 1. The number of piperidine rings is 1. The van der Waals surface area contributed by atoms with Crippen molar-refractivity contribution in [3.8, 4) is 0 Å². The van der Waals surface area contributed by atoms with E-state index in [1.807, 2.05) is 25.7 Å². The SMILES string of the molecule is CC(NC1CCN(C(=O)C(C)(C)C)CC1)C1CCOC1. The minimum atomic E-state index is -0.255. The van der Waals surface area contributed by atoms with Gasteiger partial charge in [0.25, 0.3) is 0 Å². The normalized spacial score (nSPS) is 26.8. The van der Waals surface area contributed by atoms with Crippen LogP contribution in [0.1, 0.15) is 47.0 Å². The molecule has 2 saturated heterocycles. The number of amides is 1. The van der Waals surface area contributed by atoms with Crippen molar-refractivity contribution in [2.45, 2.75) is 59.0 Å². The first-order valence-corrected chi connectivity index (χ1v) is 8.01. The molecule has 0 saturated carbocycles. The molecule has 0 bridgehead atoms. The van der Waals surface area contributed by atoms with Crippen LogP contribution in [0.15, 0.2) is 0 Å². The average Bonchev–Trinajstić information content (AvgIpc) is 2.91. The van der Waals surface area contributed by atoms with E-state index < -0.39 is 0 Å². The summed E-state index contributed by atoms with van der Waals surface area (Å²) in [4.78, 5) is 14.3. The lowest BCUT2D eigenvalue weighted by Gasteiger charge is -2.37. The maximum atomic E-state index is 12.2. The van der Waals surface area contributed by atoms with Gasteiger partial charge >= 0.3 is 0 Å². The van der Waals surface area contributed by atoms with Crippen LogP contribution in [0, 0.1) is 11.3 Å². The third-order valence-corrected chi connectivity index (χ3v) is 4.59. The molecule has 20 heavy (non-hydrogen) atoms. The second-order valence-corrected chi connectivity index (χ2v) is 7.40. The first-order chi connectivity index (χ1) is 9.38. The minimum absolute atomic E-state index is 0.255. The van der Waals surface area contributed by atoms with E-state index in [1.165, 1.54) is 6.42 Å². The molecule has 4 heteroatoms. The van der Waals surface area contributed by atoms with Gasteiger partial charge in [-0.1, -0.05) is 20.8 Å². The van der Waals surface area contributed by atoms with Gasteiger partial charge in [-0.2, -0.15) is 0 Å². The summed E-state index contributed by atoms with van der Waals surface area (Å²) >= 11 is 0. The van der Waals surface area contributed by atoms with Crippen LogP contribution < -0.4 is 5.32 Å². The molecule has 2 aliphatic rings. The van der Waals surface area contributed by atoms with Crippen molar-refractivity contribution < 1.29 is 9.53 Å². The molecule has 4 nitrogen and oxygen atoms in total. The summed E-state index contributed by atoms with van der Waals surface area (Å²) in [5, 5.41) is 3.74. The molecule has 2 fully saturated rings. The third-order valence-electron chi connectivity index (χ3n) is 4.59. The highest BCUT2D eigenvalue weighted by Crippen LogP contribution is 2.22. The average molecular weight is 282 g/mol. The van der Waals surface area contributed by atoms with E-state index in [-0.39, 0.29) is 11.3 Å². The second kappa shape index (κ2) is 6.44. The number of rotatable bonds is 3. The van der Waals surface area contributed by atoms with Crippen molar-refractivity contribution in [3.05, 3.63) is 0 Å². The molecule has 2 rings (SSSR count). The Kier molecular flexibility index (Phi) is 5.08. The summed E-state index contributed by atoms with van der Waals surface area (Å²) in [5.41, 5.74) is -0.255. The topological polar surface area (TPSA) is 41.6 Å². The van der Waals surface area contributed by atoms with Crippen LogP contribution in [-0.4, -0.2) is 49.2 Å². The van der Waals surface area contributed by atoms with Gasteiger partial charge in [0.15, 0.2) is 0 Å². The van der Waals surface area contributed by atoms with Gasteiger partial charge in [0.05, 0.1) is 6.61 Å². The molecule has 1 amide bonds. The molecule has 1 N–H and O–H groups in total. The van der Waals surface area contributed by atoms with E-state index in [1.54, 1.807) is 0 Å². The fourth-order valence-electron chi connectivity index (χ4n) is 3.18. The lowest BCUT2D eigenvalue weighted by Crippen LogP contribution is -2.50. The molecule has 0 spiro atoms. The molecule has 2 aliphatic heterocycles. The van der Waals surface area contributed by atoms with Crippen molar-refractivity contribution in [1.82, 2.24) is 10.2 Å². The Balaban J connectivity index is 1.75. The van der Waals surface area contributed by atoms with Crippen LogP contribution in [0.2, 0.25) is 0 Å². The number of nitrogens with one attached hydrogen (secondary N) is 1. The van der Waals surface area contributed by atoms with Crippen molar-refractivity contribution in [2.75, 3.05) is 26.3 Å². The number of carbonyl (C=O) groups is 1. The van der Waals surface area contributed by atoms with Gasteiger partial charge in [-0.05, 0) is 32.1 Å². The zero-order valence-corrected chi connectivity index (χ0v) is 13.4. The maximum Gasteiger partial charge on any atom is 0.227 e. The Labute approximate surface area is 123 Å². The summed E-state index contributed by atoms with van der Waals surface area (Å²) in [6.45, 7) is 11.9. The van der Waals surface area contributed by atoms with Crippen molar-refractivity contribution in [2.24, 2.45) is 11.3 Å². The lowest BCUT2D eigenvalue weighted by atomic mass is 9.92. The van der Waals surface area contributed by atoms with Gasteiger partial charge in [-0.15, -0.1) is 0 Å². The standard InChI is InChI=1S/C16H30N2O2/c1-12(13-7-10-20-11-13)17-14-5-8-18(9-6-14)15(19)16(2,3)4/h12-14,17H,5-11H2,1-4H3. The Morgan fingerprint density at radius 3 is 2.40 bits per heavy atom. The van der Waals surface area contributed by atoms with Gasteiger partial charge in [0.1, 0.15) is 0 Å². The molecule has 0 aromatic heterocycles. The van der Waals surface area contributed by atoms with E-state index in [0.717, 1.165) is 39.1 Å². The summed E-state index contributed by atoms with van der Waals surface area (Å²) in [7, 11) is 0. The highest BCUT2D eigenvalue weighted by molar-refractivity contribution is 5.81. The van der Waals surface area contributed by atoms with Gasteiger partial charge < -0.3 is 15.0 Å². The van der Waals surface area contributed by atoms with E-state index >= 15 is 0 Å². The smallest absolute Gasteiger partial charge is 0.227 e. The largest absolute Gasteiger partial charge is 0.381 e. The Bertz CT molecular complexity index is 324. The zero-order chi connectivity index (χ0) is 14.8. The van der Waals surface area contributed by atoms with Gasteiger partial charge in [-0.25, -0.2) is 0 Å². The van der Waals surface area contributed by atoms with E-state index in [2.05, 4.69) is 12.2 Å². The third kappa shape index (κ3) is 3.95. The molecule has 0 aromatic carbocycles. The molecular formula is C16H30N2O2. The zero-order valence-electron chi connectivity index (χ0n) is 13.4. The van der Waals surface area contributed by atoms with E-state index in [0.29, 0.717) is 18.0 Å². The van der Waals surface area contributed by atoms with Crippen molar-refractivity contribution >= 4 is 5.91 Å². The van der Waals surface area contributed by atoms with Crippen LogP contribution in [0.25, 0.3) is 0 Å². The molecule has 0 radical (unpaired) electrons. The summed E-state index contributed by atoms with van der Waals surface area (Å²) in [5.74, 6) is 0.942. The van der Waals surface area contributed by atoms with Crippen LogP contribution in [-0.2, 0) is 9.53 Å². The number of nitrogens with zero attached hydrogens (tertiary/aromatic N) is 1. The first kappa shape index (κ1) is 15.8. The van der Waals surface area contributed by atoms with Gasteiger partial charge in [-0.3, -0.25) is 4.79 Å². The van der Waals surface area contributed by atoms with E-state index in [4.69, 9.17) is 4.74 Å². The fraction of sp³-hybridized carbons (Fsp3) is 0.938. The predicted octanol–water partition coefficient (Wildman–Crippen LogP) is 2.04. The number of hydrogen-bond acceptors (Lipinski definition) is 3. The first-order valence-electron chi connectivity index (χ1n) is 8.01. The summed E-state index contributed by atoms with van der Waals surface area (Å²) in [6.07, 6.45) is 3.31. The second-order valence-electron chi connectivity index (χ2n) is 7.40. The van der Waals surface area contributed by atoms with Gasteiger partial charge in [0, 0.05) is 37.2 Å². The highest BCUT2D eigenvalue weighted by Gasteiger charge is 2.31. The minimum Gasteiger partial charge on any atom is -0.381 e. The molecule has 116 valence electrons. The molecule has 0 aromatic rings. The number of carbonyl (C=O) groups excluding carboxylic acids is 1. The maximum absolute atomic E-state index is 12.2. The Morgan fingerprint density at radius 1 is 1.25 bits per heavy atom. The predicted molar refractivity (Wildman–Crippen MR) is 80.6 cm³/mol. The fourth-order valence-corrected chi connectivity index (χ4v) is 3.18. The summed E-state index contributed by atoms with van der Waals surface area (Å²) < 4.78 is 5.46. The quantitative estimate of drug-likeness (QED) is 0.861. The van der Waals surface area contributed by atoms with Crippen molar-refractivity contribution in [3.63, 3.8) is 0 Å². The van der Waals surface area contributed by atoms with Gasteiger partial charge in [0.2, 0.25) is 5.91 Å². The molecule has 2 atom stereocenters. The van der Waals surface area contributed by atoms with E-state index in [9.17, 15) is 4.79 Å². The van der Waals surface area contributed by atoms with Crippen LogP contribution in [0.3, 0.4) is 0 Å². The summed E-state index contributed by atoms with van der Waals surface area (Å²) in [6, 6.07) is 1.07. The van der Waals surface area contributed by atoms with Crippen molar-refractivity contribution in [1.29, 1.82) is 0 Å². The van der Waals surface area contributed by atoms with Crippen LogP contribution in [0.4, 0.5) is 0 Å². The highest BCUT2D eigenvalue weighted by atomic mass is 16.5. The number of hydrogen-bond donors (Lipinski definition) is 1. The van der Waals surface area contributed by atoms with Crippen LogP contribution in [0.5, 0.6) is 0 Å². The molecule has 2 heterocycles. The van der Waals surface area contributed by atoms with Crippen LogP contribution >= 0.6 is 0 Å². The lowest BCUT2D eigenvalue weighted by molar-refractivity contribution is -0.140. The Hall–Kier alpha value is -0.610. The molecular weight excluding hydrogens is 252 g/mol. The molecule has 2 unspecified atom stereocenters. The number of ether oxygens (including phenoxy) is 1. The Morgan fingerprint density at radius 2 is 1.90 bits per heavy atom.